The minimum Gasteiger partial charge on any atom is -0.264 e. The van der Waals surface area contributed by atoms with Gasteiger partial charge in [0.05, 0.1) is 6.10 Å². The fraction of sp³-hybridized carbons (Fsp3) is 1.00. The fourth-order valence-electron chi connectivity index (χ4n) is 0.776. The van der Waals surface area contributed by atoms with Gasteiger partial charge in [-0.25, -0.2) is 4.18 Å². The van der Waals surface area contributed by atoms with E-state index < -0.39 is 16.5 Å². The van der Waals surface area contributed by atoms with Gasteiger partial charge >= 0.3 is 10.4 Å². The second-order valence-corrected chi connectivity index (χ2v) is 5.19. The molecule has 0 amide bonds. The predicted molar refractivity (Wildman–Crippen MR) is 50.7 cm³/mol. The van der Waals surface area contributed by atoms with Gasteiger partial charge < -0.3 is 0 Å². The topological polar surface area (TPSA) is 63.6 Å². The largest absolute Gasteiger partial charge is 0.397 e. The third-order valence-electron chi connectivity index (χ3n) is 2.80. The van der Waals surface area contributed by atoms with Crippen molar-refractivity contribution in [2.24, 2.45) is 11.3 Å². The molecule has 0 fully saturated rings. The fourth-order valence-corrected chi connectivity index (χ4v) is 1.39. The smallest absolute Gasteiger partial charge is 0.264 e. The Morgan fingerprint density at radius 3 is 1.85 bits per heavy atom. The van der Waals surface area contributed by atoms with Crippen LogP contribution in [0.2, 0.25) is 0 Å². The van der Waals surface area contributed by atoms with E-state index in [1.165, 1.54) is 0 Å². The summed E-state index contributed by atoms with van der Waals surface area (Å²) in [6.45, 7) is 9.38. The lowest BCUT2D eigenvalue weighted by atomic mass is 9.77. The third-order valence-corrected chi connectivity index (χ3v) is 3.33. The molecule has 0 radical (unpaired) electrons. The van der Waals surface area contributed by atoms with Gasteiger partial charge in [-0.15, -0.1) is 0 Å². The van der Waals surface area contributed by atoms with E-state index in [4.69, 9.17) is 4.55 Å². The maximum atomic E-state index is 10.4. The van der Waals surface area contributed by atoms with Gasteiger partial charge in [-0.1, -0.05) is 27.7 Å². The molecule has 0 spiro atoms. The van der Waals surface area contributed by atoms with Crippen LogP contribution in [0.25, 0.3) is 0 Å². The Morgan fingerprint density at radius 2 is 1.62 bits per heavy atom. The van der Waals surface area contributed by atoms with Crippen molar-refractivity contribution in [2.75, 3.05) is 0 Å². The molecule has 0 aromatic rings. The lowest BCUT2D eigenvalue weighted by molar-refractivity contribution is 0.0471. The van der Waals surface area contributed by atoms with Crippen LogP contribution in [-0.2, 0) is 14.6 Å². The SMILES string of the molecule is CC(C)C(C)(C)C(C)OS(=O)(=O)O. The summed E-state index contributed by atoms with van der Waals surface area (Å²) in [7, 11) is -4.34. The number of rotatable bonds is 4. The van der Waals surface area contributed by atoms with Crippen molar-refractivity contribution >= 4 is 10.4 Å². The molecular weight excluding hydrogens is 192 g/mol. The van der Waals surface area contributed by atoms with Crippen LogP contribution in [0.1, 0.15) is 34.6 Å². The van der Waals surface area contributed by atoms with Gasteiger partial charge in [-0.05, 0) is 18.3 Å². The van der Waals surface area contributed by atoms with Crippen molar-refractivity contribution in [3.8, 4) is 0 Å². The average Bonchev–Trinajstić information content (AvgIpc) is 1.82. The zero-order chi connectivity index (χ0) is 10.9. The molecule has 0 rings (SSSR count). The Morgan fingerprint density at radius 1 is 1.23 bits per heavy atom. The molecule has 0 saturated carbocycles. The summed E-state index contributed by atoms with van der Waals surface area (Å²) in [5.74, 6) is 0.268. The van der Waals surface area contributed by atoms with Gasteiger partial charge in [0.1, 0.15) is 0 Å². The zero-order valence-electron chi connectivity index (χ0n) is 8.73. The molecule has 5 heteroatoms. The lowest BCUT2D eigenvalue weighted by Crippen LogP contribution is -2.35. The Kier molecular flexibility index (Phi) is 3.90. The molecule has 0 bridgehead atoms. The second kappa shape index (κ2) is 3.94. The normalized spacial score (nSPS) is 16.2. The minimum absolute atomic E-state index is 0.268. The third kappa shape index (κ3) is 4.06. The van der Waals surface area contributed by atoms with Crippen LogP contribution in [0.5, 0.6) is 0 Å². The van der Waals surface area contributed by atoms with E-state index in [9.17, 15) is 8.42 Å². The van der Waals surface area contributed by atoms with Gasteiger partial charge in [0, 0.05) is 0 Å². The van der Waals surface area contributed by atoms with Crippen LogP contribution >= 0.6 is 0 Å². The van der Waals surface area contributed by atoms with Crippen molar-refractivity contribution < 1.29 is 17.2 Å². The van der Waals surface area contributed by atoms with E-state index in [-0.39, 0.29) is 11.3 Å². The van der Waals surface area contributed by atoms with E-state index in [0.717, 1.165) is 0 Å². The summed E-state index contributed by atoms with van der Waals surface area (Å²) in [6, 6.07) is 0. The van der Waals surface area contributed by atoms with E-state index in [0.29, 0.717) is 0 Å². The molecule has 13 heavy (non-hydrogen) atoms. The number of hydrogen-bond donors (Lipinski definition) is 1. The van der Waals surface area contributed by atoms with Crippen LogP contribution in [-0.4, -0.2) is 19.1 Å². The molecule has 0 aliphatic heterocycles. The monoisotopic (exact) mass is 210 g/mol. The summed E-state index contributed by atoms with van der Waals surface area (Å²) in [6.07, 6.45) is -0.539. The second-order valence-electron chi connectivity index (χ2n) is 4.14. The molecule has 0 heterocycles. The molecule has 1 N–H and O–H groups in total. The summed E-state index contributed by atoms with van der Waals surface area (Å²) in [4.78, 5) is 0. The van der Waals surface area contributed by atoms with E-state index in [2.05, 4.69) is 4.18 Å². The molecule has 0 aliphatic carbocycles. The lowest BCUT2D eigenvalue weighted by Gasteiger charge is -2.34. The van der Waals surface area contributed by atoms with Crippen LogP contribution in [0, 0.1) is 11.3 Å². The van der Waals surface area contributed by atoms with Gasteiger partial charge in [-0.3, -0.25) is 4.55 Å². The molecule has 1 atom stereocenters. The Bertz CT molecular complexity index is 253. The Hall–Kier alpha value is -0.130. The molecule has 1 unspecified atom stereocenters. The highest BCUT2D eigenvalue weighted by molar-refractivity contribution is 7.80. The van der Waals surface area contributed by atoms with E-state index in [1.54, 1.807) is 6.92 Å². The minimum atomic E-state index is -4.34. The van der Waals surface area contributed by atoms with Crippen LogP contribution in [0.3, 0.4) is 0 Å². The molecule has 0 aliphatic rings. The van der Waals surface area contributed by atoms with Crippen LogP contribution < -0.4 is 0 Å². The van der Waals surface area contributed by atoms with Crippen LogP contribution in [0.15, 0.2) is 0 Å². The number of hydrogen-bond acceptors (Lipinski definition) is 3. The highest BCUT2D eigenvalue weighted by atomic mass is 32.3. The van der Waals surface area contributed by atoms with Crippen molar-refractivity contribution in [3.63, 3.8) is 0 Å². The van der Waals surface area contributed by atoms with Crippen molar-refractivity contribution in [2.45, 2.75) is 40.7 Å². The first-order valence-electron chi connectivity index (χ1n) is 4.23. The molecule has 0 aromatic carbocycles. The van der Waals surface area contributed by atoms with Crippen molar-refractivity contribution in [3.05, 3.63) is 0 Å². The first-order valence-corrected chi connectivity index (χ1v) is 5.59. The average molecular weight is 210 g/mol. The Balaban J connectivity index is 4.52. The summed E-state index contributed by atoms with van der Waals surface area (Å²) in [5.41, 5.74) is -0.296. The molecule has 80 valence electrons. The van der Waals surface area contributed by atoms with Gasteiger partial charge in [-0.2, -0.15) is 8.42 Å². The molecule has 0 aromatic heterocycles. The quantitative estimate of drug-likeness (QED) is 0.719. The highest BCUT2D eigenvalue weighted by Gasteiger charge is 2.32. The van der Waals surface area contributed by atoms with Crippen molar-refractivity contribution in [1.29, 1.82) is 0 Å². The highest BCUT2D eigenvalue weighted by Crippen LogP contribution is 2.32. The zero-order valence-corrected chi connectivity index (χ0v) is 9.55. The summed E-state index contributed by atoms with van der Waals surface area (Å²) >= 11 is 0. The maximum Gasteiger partial charge on any atom is 0.397 e. The standard InChI is InChI=1S/C8H18O4S/c1-6(2)8(4,5)7(3)12-13(9,10)11/h6-7H,1-5H3,(H,9,10,11). The first-order chi connectivity index (χ1) is 5.57. The summed E-state index contributed by atoms with van der Waals surface area (Å²) < 4.78 is 33.9. The first kappa shape index (κ1) is 12.9. The Labute approximate surface area is 80.2 Å². The van der Waals surface area contributed by atoms with Crippen molar-refractivity contribution in [1.82, 2.24) is 0 Å². The van der Waals surface area contributed by atoms with Crippen LogP contribution in [0.4, 0.5) is 0 Å². The molecule has 0 saturated heterocycles. The molecule has 4 nitrogen and oxygen atoms in total. The molecular formula is C8H18O4S. The van der Waals surface area contributed by atoms with E-state index >= 15 is 0 Å². The predicted octanol–water partition coefficient (Wildman–Crippen LogP) is 1.88. The summed E-state index contributed by atoms with van der Waals surface area (Å²) in [5, 5.41) is 0. The van der Waals surface area contributed by atoms with Gasteiger partial charge in [0.2, 0.25) is 0 Å². The van der Waals surface area contributed by atoms with E-state index in [1.807, 2.05) is 27.7 Å². The van der Waals surface area contributed by atoms with Gasteiger partial charge in [0.15, 0.2) is 0 Å². The van der Waals surface area contributed by atoms with Gasteiger partial charge in [0.25, 0.3) is 0 Å². The maximum absolute atomic E-state index is 10.4.